The monoisotopic (exact) mass is 421 g/mol. The summed E-state index contributed by atoms with van der Waals surface area (Å²) in [6.45, 7) is 0.659. The van der Waals surface area contributed by atoms with Gasteiger partial charge in [-0.3, -0.25) is 0 Å². The first-order valence-electron chi connectivity index (χ1n) is 10.7. The van der Waals surface area contributed by atoms with Gasteiger partial charge < -0.3 is 15.2 Å². The summed E-state index contributed by atoms with van der Waals surface area (Å²) in [5.41, 5.74) is 7.67. The zero-order valence-corrected chi connectivity index (χ0v) is 17.5. The summed E-state index contributed by atoms with van der Waals surface area (Å²) in [6.07, 6.45) is -0.436. The Balaban J connectivity index is 1.23. The van der Waals surface area contributed by atoms with Gasteiger partial charge in [-0.2, -0.15) is 0 Å². The van der Waals surface area contributed by atoms with Gasteiger partial charge in [0.2, 0.25) is 0 Å². The lowest BCUT2D eigenvalue weighted by Crippen LogP contribution is -2.25. The third-order valence-corrected chi connectivity index (χ3v) is 5.89. The first-order chi connectivity index (χ1) is 15.7. The fraction of sp³-hybridized carbons (Fsp3) is 0.107. The highest BCUT2D eigenvalue weighted by molar-refractivity contribution is 5.79. The predicted octanol–water partition coefficient (Wildman–Crippen LogP) is 6.10. The number of carbonyl (C=O) groups is 1. The minimum absolute atomic E-state index is 0.0437. The molecule has 0 heterocycles. The van der Waals surface area contributed by atoms with Crippen LogP contribution >= 0.6 is 0 Å². The van der Waals surface area contributed by atoms with E-state index in [2.05, 4.69) is 29.6 Å². The number of nitrogens with one attached hydrogen (secondary N) is 1. The van der Waals surface area contributed by atoms with E-state index in [9.17, 15) is 9.90 Å². The van der Waals surface area contributed by atoms with Crippen molar-refractivity contribution in [1.82, 2.24) is 5.32 Å². The van der Waals surface area contributed by atoms with Crippen LogP contribution in [0.4, 0.5) is 4.79 Å². The van der Waals surface area contributed by atoms with Crippen LogP contribution in [0.15, 0.2) is 97.1 Å². The summed E-state index contributed by atoms with van der Waals surface area (Å²) < 4.78 is 5.61. The fourth-order valence-corrected chi connectivity index (χ4v) is 4.37. The Hall–Kier alpha value is -4.05. The normalized spacial score (nSPS) is 12.1. The maximum absolute atomic E-state index is 12.4. The molecule has 0 radical (unpaired) electrons. The Morgan fingerprint density at radius 2 is 1.41 bits per heavy atom. The molecule has 4 heteroatoms. The summed E-state index contributed by atoms with van der Waals surface area (Å²) >= 11 is 0. The van der Waals surface area contributed by atoms with Crippen LogP contribution in [0.25, 0.3) is 22.3 Å². The lowest BCUT2D eigenvalue weighted by Gasteiger charge is -2.15. The molecule has 1 aliphatic rings. The third-order valence-electron chi connectivity index (χ3n) is 5.89. The second kappa shape index (κ2) is 8.60. The van der Waals surface area contributed by atoms with Crippen molar-refractivity contribution in [3.63, 3.8) is 0 Å². The van der Waals surface area contributed by atoms with Crippen molar-refractivity contribution in [2.75, 3.05) is 6.61 Å². The lowest BCUT2D eigenvalue weighted by molar-refractivity contribution is 0.142. The van der Waals surface area contributed by atoms with Crippen LogP contribution in [0.3, 0.4) is 0 Å². The smallest absolute Gasteiger partial charge is 0.407 e. The Bertz CT molecular complexity index is 1240. The number of hydrogen-bond donors (Lipinski definition) is 2. The van der Waals surface area contributed by atoms with Crippen molar-refractivity contribution in [3.05, 3.63) is 114 Å². The van der Waals surface area contributed by atoms with E-state index >= 15 is 0 Å². The molecule has 5 rings (SSSR count). The Morgan fingerprint density at radius 3 is 2.09 bits per heavy atom. The number of fused-ring (bicyclic) bond motifs is 3. The van der Waals surface area contributed by atoms with E-state index in [0.717, 1.165) is 16.7 Å². The van der Waals surface area contributed by atoms with Gasteiger partial charge in [0.25, 0.3) is 0 Å². The molecule has 0 fully saturated rings. The molecule has 4 aromatic carbocycles. The van der Waals surface area contributed by atoms with Crippen LogP contribution in [0.1, 0.15) is 22.6 Å². The Morgan fingerprint density at radius 1 is 0.781 bits per heavy atom. The molecule has 2 N–H and O–H groups in total. The van der Waals surface area contributed by atoms with Crippen molar-refractivity contribution in [1.29, 1.82) is 0 Å². The molecule has 4 aromatic rings. The number of phenols is 1. The van der Waals surface area contributed by atoms with E-state index in [1.165, 1.54) is 22.3 Å². The summed E-state index contributed by atoms with van der Waals surface area (Å²) in [5, 5.41) is 12.6. The molecule has 0 saturated heterocycles. The van der Waals surface area contributed by atoms with Gasteiger partial charge in [-0.25, -0.2) is 4.79 Å². The molecule has 0 unspecified atom stereocenters. The molecule has 1 amide bonds. The number of rotatable bonds is 5. The van der Waals surface area contributed by atoms with E-state index in [1.807, 2.05) is 60.7 Å². The first kappa shape index (κ1) is 19.9. The number of benzene rings is 4. The van der Waals surface area contributed by atoms with E-state index in [-0.39, 0.29) is 11.7 Å². The first-order valence-corrected chi connectivity index (χ1v) is 10.7. The third kappa shape index (κ3) is 3.95. The zero-order chi connectivity index (χ0) is 21.9. The van der Waals surface area contributed by atoms with Gasteiger partial charge in [-0.05, 0) is 57.1 Å². The highest BCUT2D eigenvalue weighted by Gasteiger charge is 2.28. The summed E-state index contributed by atoms with van der Waals surface area (Å²) in [7, 11) is 0. The topological polar surface area (TPSA) is 58.6 Å². The van der Waals surface area contributed by atoms with Gasteiger partial charge in [0, 0.05) is 12.5 Å². The fourth-order valence-electron chi connectivity index (χ4n) is 4.37. The molecule has 0 atom stereocenters. The van der Waals surface area contributed by atoms with Crippen molar-refractivity contribution in [2.24, 2.45) is 0 Å². The van der Waals surface area contributed by atoms with Gasteiger partial charge in [-0.15, -0.1) is 0 Å². The summed E-state index contributed by atoms with van der Waals surface area (Å²) in [5.74, 6) is 0.270. The van der Waals surface area contributed by atoms with E-state index in [4.69, 9.17) is 4.74 Å². The highest BCUT2D eigenvalue weighted by atomic mass is 16.5. The van der Waals surface area contributed by atoms with Crippen LogP contribution < -0.4 is 5.32 Å². The molecule has 4 nitrogen and oxygen atoms in total. The number of aromatic hydroxyl groups is 1. The second-order valence-corrected chi connectivity index (χ2v) is 7.93. The molecule has 1 aliphatic carbocycles. The number of phenolic OH excluding ortho intramolecular Hbond substituents is 1. The number of ether oxygens (including phenoxy) is 1. The molecule has 32 heavy (non-hydrogen) atoms. The molecular formula is C28H23NO3. The standard InChI is InChI=1S/C28H23NO3/c30-22-10-6-9-21(16-22)20-8-5-7-19(15-20)17-29-28(31)32-18-27-25-13-3-1-11-23(25)24-12-2-4-14-26(24)27/h1-16,27,30H,17-18H2,(H,29,31). The van der Waals surface area contributed by atoms with Crippen molar-refractivity contribution < 1.29 is 14.6 Å². The molecule has 158 valence electrons. The van der Waals surface area contributed by atoms with Crippen LogP contribution in [-0.4, -0.2) is 17.8 Å². The van der Waals surface area contributed by atoms with Crippen LogP contribution in [0.2, 0.25) is 0 Å². The van der Waals surface area contributed by atoms with Gasteiger partial charge >= 0.3 is 6.09 Å². The van der Waals surface area contributed by atoms with Crippen LogP contribution in [0.5, 0.6) is 5.75 Å². The molecule has 0 aromatic heterocycles. The molecule has 0 spiro atoms. The molecule has 0 bridgehead atoms. The van der Waals surface area contributed by atoms with Gasteiger partial charge in [0.1, 0.15) is 12.4 Å². The van der Waals surface area contributed by atoms with E-state index < -0.39 is 6.09 Å². The van der Waals surface area contributed by atoms with Crippen molar-refractivity contribution in [3.8, 4) is 28.0 Å². The molecule has 0 aliphatic heterocycles. The minimum atomic E-state index is -0.436. The Labute approximate surface area is 187 Å². The number of carbonyl (C=O) groups excluding carboxylic acids is 1. The SMILES string of the molecule is O=C(NCc1cccc(-c2cccc(O)c2)c1)OCC1c2ccccc2-c2ccccc21. The maximum Gasteiger partial charge on any atom is 0.407 e. The highest BCUT2D eigenvalue weighted by Crippen LogP contribution is 2.44. The van der Waals surface area contributed by atoms with Crippen LogP contribution in [-0.2, 0) is 11.3 Å². The predicted molar refractivity (Wildman–Crippen MR) is 125 cm³/mol. The average molecular weight is 421 g/mol. The van der Waals surface area contributed by atoms with E-state index in [1.54, 1.807) is 12.1 Å². The summed E-state index contributed by atoms with van der Waals surface area (Å²) in [6, 6.07) is 31.6. The lowest BCUT2D eigenvalue weighted by atomic mass is 9.98. The number of amides is 1. The largest absolute Gasteiger partial charge is 0.508 e. The zero-order valence-electron chi connectivity index (χ0n) is 17.5. The minimum Gasteiger partial charge on any atom is -0.508 e. The quantitative estimate of drug-likeness (QED) is 0.409. The van der Waals surface area contributed by atoms with Crippen molar-refractivity contribution >= 4 is 6.09 Å². The Kier molecular flexibility index (Phi) is 5.34. The van der Waals surface area contributed by atoms with Gasteiger partial charge in [0.05, 0.1) is 0 Å². The number of alkyl carbamates (subject to hydrolysis) is 1. The van der Waals surface area contributed by atoms with E-state index in [0.29, 0.717) is 13.2 Å². The summed E-state index contributed by atoms with van der Waals surface area (Å²) in [4.78, 5) is 12.4. The van der Waals surface area contributed by atoms with Crippen LogP contribution in [0, 0.1) is 0 Å². The molecule has 0 saturated carbocycles. The second-order valence-electron chi connectivity index (χ2n) is 7.93. The maximum atomic E-state index is 12.4. The average Bonchev–Trinajstić information content (AvgIpc) is 3.15. The van der Waals surface area contributed by atoms with Gasteiger partial charge in [-0.1, -0.05) is 78.9 Å². The van der Waals surface area contributed by atoms with Gasteiger partial charge in [0.15, 0.2) is 0 Å². The number of hydrogen-bond acceptors (Lipinski definition) is 3. The van der Waals surface area contributed by atoms with Crippen molar-refractivity contribution in [2.45, 2.75) is 12.5 Å². The molecular weight excluding hydrogens is 398 g/mol.